The van der Waals surface area contributed by atoms with Gasteiger partial charge in [-0.3, -0.25) is 0 Å². The van der Waals surface area contributed by atoms with Gasteiger partial charge in [-0.05, 0) is 43.5 Å². The highest BCUT2D eigenvalue weighted by molar-refractivity contribution is 5.35. The molecule has 0 radical (unpaired) electrons. The van der Waals surface area contributed by atoms with Crippen molar-refractivity contribution >= 4 is 0 Å². The molecular formula is C16H23N3. The average molecular weight is 257 g/mol. The Labute approximate surface area is 115 Å². The Morgan fingerprint density at radius 2 is 1.89 bits per heavy atom. The molecule has 3 heteroatoms. The van der Waals surface area contributed by atoms with Gasteiger partial charge in [0.2, 0.25) is 0 Å². The summed E-state index contributed by atoms with van der Waals surface area (Å²) >= 11 is 0. The van der Waals surface area contributed by atoms with Crippen LogP contribution in [-0.2, 0) is 0 Å². The Hall–Kier alpha value is -1.61. The van der Waals surface area contributed by atoms with E-state index in [1.54, 1.807) is 6.20 Å². The summed E-state index contributed by atoms with van der Waals surface area (Å²) in [4.78, 5) is 4.06. The number of nitrogens with zero attached hydrogens (tertiary/aromatic N) is 2. The quantitative estimate of drug-likeness (QED) is 0.857. The number of hydrogen-bond acceptors (Lipinski definition) is 2. The summed E-state index contributed by atoms with van der Waals surface area (Å²) in [5, 5.41) is 3.57. The molecule has 2 rings (SSSR count). The summed E-state index contributed by atoms with van der Waals surface area (Å²) in [5.41, 5.74) is 2.48. The van der Waals surface area contributed by atoms with Gasteiger partial charge in [0, 0.05) is 24.1 Å². The number of imidazole rings is 1. The molecule has 0 spiro atoms. The Morgan fingerprint density at radius 3 is 2.47 bits per heavy atom. The topological polar surface area (TPSA) is 29.9 Å². The molecule has 19 heavy (non-hydrogen) atoms. The van der Waals surface area contributed by atoms with Crippen molar-refractivity contribution in [2.75, 3.05) is 6.54 Å². The molecule has 3 nitrogen and oxygen atoms in total. The van der Waals surface area contributed by atoms with Crippen LogP contribution in [0.3, 0.4) is 0 Å². The smallest absolute Gasteiger partial charge is 0.0991 e. The Morgan fingerprint density at radius 1 is 1.16 bits per heavy atom. The zero-order chi connectivity index (χ0) is 13.7. The number of rotatable bonds is 6. The molecule has 102 valence electrons. The van der Waals surface area contributed by atoms with Gasteiger partial charge in [-0.2, -0.15) is 0 Å². The van der Waals surface area contributed by atoms with Gasteiger partial charge in [0.1, 0.15) is 0 Å². The van der Waals surface area contributed by atoms with E-state index in [1.165, 1.54) is 12.0 Å². The van der Waals surface area contributed by atoms with Crippen molar-refractivity contribution in [2.45, 2.75) is 33.2 Å². The zero-order valence-corrected chi connectivity index (χ0v) is 12.0. The highest BCUT2D eigenvalue weighted by Gasteiger charge is 2.05. The van der Waals surface area contributed by atoms with Crippen LogP contribution in [0.5, 0.6) is 0 Å². The van der Waals surface area contributed by atoms with E-state index in [2.05, 4.69) is 55.3 Å². The lowest BCUT2D eigenvalue weighted by molar-refractivity contribution is 0.497. The molecular weight excluding hydrogens is 234 g/mol. The first-order chi connectivity index (χ1) is 9.16. The van der Waals surface area contributed by atoms with Gasteiger partial charge in [-0.1, -0.05) is 26.0 Å². The largest absolute Gasteiger partial charge is 0.310 e. The van der Waals surface area contributed by atoms with Crippen LogP contribution in [-0.4, -0.2) is 16.1 Å². The third-order valence-electron chi connectivity index (χ3n) is 3.37. The summed E-state index contributed by atoms with van der Waals surface area (Å²) in [6.07, 6.45) is 6.79. The van der Waals surface area contributed by atoms with Crippen molar-refractivity contribution in [3.8, 4) is 5.69 Å². The first-order valence-corrected chi connectivity index (χ1v) is 6.98. The van der Waals surface area contributed by atoms with Crippen LogP contribution >= 0.6 is 0 Å². The average Bonchev–Trinajstić information content (AvgIpc) is 2.92. The molecule has 0 saturated carbocycles. The van der Waals surface area contributed by atoms with Crippen LogP contribution in [0, 0.1) is 5.92 Å². The molecule has 0 fully saturated rings. The fourth-order valence-corrected chi connectivity index (χ4v) is 2.05. The van der Waals surface area contributed by atoms with E-state index in [0.29, 0.717) is 6.04 Å². The van der Waals surface area contributed by atoms with Gasteiger partial charge in [-0.15, -0.1) is 0 Å². The highest BCUT2D eigenvalue weighted by Crippen LogP contribution is 2.15. The molecule has 0 aliphatic carbocycles. The van der Waals surface area contributed by atoms with E-state index in [0.717, 1.165) is 18.2 Å². The lowest BCUT2D eigenvalue weighted by Gasteiger charge is -2.15. The molecule has 1 aromatic carbocycles. The third kappa shape index (κ3) is 3.93. The van der Waals surface area contributed by atoms with Gasteiger partial charge in [-0.25, -0.2) is 4.98 Å². The second kappa shape index (κ2) is 6.53. The number of nitrogens with one attached hydrogen (secondary N) is 1. The monoisotopic (exact) mass is 257 g/mol. The molecule has 0 saturated heterocycles. The molecule has 0 amide bonds. The number of hydrogen-bond donors (Lipinski definition) is 1. The van der Waals surface area contributed by atoms with Crippen LogP contribution in [0.4, 0.5) is 0 Å². The summed E-state index contributed by atoms with van der Waals surface area (Å²) in [6, 6.07) is 9.04. The second-order valence-electron chi connectivity index (χ2n) is 5.42. The molecule has 1 aromatic heterocycles. The molecule has 2 aromatic rings. The third-order valence-corrected chi connectivity index (χ3v) is 3.37. The molecule has 0 aliphatic heterocycles. The van der Waals surface area contributed by atoms with E-state index in [-0.39, 0.29) is 0 Å². The van der Waals surface area contributed by atoms with Gasteiger partial charge in [0.25, 0.3) is 0 Å². The summed E-state index contributed by atoms with van der Waals surface area (Å²) in [5.74, 6) is 0.753. The van der Waals surface area contributed by atoms with Crippen LogP contribution < -0.4 is 5.32 Å². The molecule has 1 N–H and O–H groups in total. The van der Waals surface area contributed by atoms with E-state index in [9.17, 15) is 0 Å². The normalized spacial score (nSPS) is 12.8. The van der Waals surface area contributed by atoms with E-state index in [4.69, 9.17) is 0 Å². The van der Waals surface area contributed by atoms with Crippen molar-refractivity contribution in [1.29, 1.82) is 0 Å². The summed E-state index contributed by atoms with van der Waals surface area (Å²) in [7, 11) is 0. The lowest BCUT2D eigenvalue weighted by Crippen LogP contribution is -2.20. The van der Waals surface area contributed by atoms with E-state index >= 15 is 0 Å². The first-order valence-electron chi connectivity index (χ1n) is 6.98. The van der Waals surface area contributed by atoms with E-state index in [1.807, 2.05) is 17.1 Å². The molecule has 1 atom stereocenters. The van der Waals surface area contributed by atoms with Gasteiger partial charge >= 0.3 is 0 Å². The maximum atomic E-state index is 4.06. The van der Waals surface area contributed by atoms with Gasteiger partial charge in [0.05, 0.1) is 6.33 Å². The first kappa shape index (κ1) is 13.8. The number of aromatic nitrogens is 2. The van der Waals surface area contributed by atoms with Gasteiger partial charge < -0.3 is 9.88 Å². The minimum Gasteiger partial charge on any atom is -0.310 e. The fraction of sp³-hybridized carbons (Fsp3) is 0.438. The maximum absolute atomic E-state index is 4.06. The van der Waals surface area contributed by atoms with Crippen molar-refractivity contribution in [2.24, 2.45) is 5.92 Å². The molecule has 1 unspecified atom stereocenters. The van der Waals surface area contributed by atoms with Crippen molar-refractivity contribution in [3.05, 3.63) is 48.5 Å². The molecule has 0 aliphatic rings. The predicted molar refractivity (Wildman–Crippen MR) is 79.4 cm³/mol. The van der Waals surface area contributed by atoms with Crippen LogP contribution in [0.2, 0.25) is 0 Å². The Bertz CT molecular complexity index is 471. The fourth-order valence-electron chi connectivity index (χ4n) is 2.05. The van der Waals surface area contributed by atoms with E-state index < -0.39 is 0 Å². The predicted octanol–water partition coefficient (Wildman–Crippen LogP) is 3.57. The summed E-state index contributed by atoms with van der Waals surface area (Å²) < 4.78 is 2.01. The van der Waals surface area contributed by atoms with Crippen LogP contribution in [0.15, 0.2) is 43.0 Å². The Kier molecular flexibility index (Phi) is 4.74. The highest BCUT2D eigenvalue weighted by atomic mass is 15.0. The van der Waals surface area contributed by atoms with Crippen molar-refractivity contribution in [1.82, 2.24) is 14.9 Å². The molecule has 1 heterocycles. The van der Waals surface area contributed by atoms with Crippen molar-refractivity contribution < 1.29 is 0 Å². The minimum atomic E-state index is 0.399. The van der Waals surface area contributed by atoms with Crippen LogP contribution in [0.25, 0.3) is 5.69 Å². The molecule has 0 bridgehead atoms. The summed E-state index contributed by atoms with van der Waals surface area (Å²) in [6.45, 7) is 7.80. The maximum Gasteiger partial charge on any atom is 0.0991 e. The van der Waals surface area contributed by atoms with Gasteiger partial charge in [0.15, 0.2) is 0 Å². The van der Waals surface area contributed by atoms with Crippen molar-refractivity contribution in [3.63, 3.8) is 0 Å². The minimum absolute atomic E-state index is 0.399. The SMILES string of the molecule is CC(C)CCNC(C)c1ccc(-n2ccnc2)cc1. The second-order valence-corrected chi connectivity index (χ2v) is 5.42. The number of benzene rings is 1. The van der Waals surface area contributed by atoms with Crippen LogP contribution in [0.1, 0.15) is 38.8 Å². The standard InChI is InChI=1S/C16H23N3/c1-13(2)8-9-18-14(3)15-4-6-16(7-5-15)19-11-10-17-12-19/h4-7,10-14,18H,8-9H2,1-3H3. The Balaban J connectivity index is 1.94. The zero-order valence-electron chi connectivity index (χ0n) is 12.0. The lowest BCUT2D eigenvalue weighted by atomic mass is 10.1.